The number of aryl methyl sites for hydroxylation is 1. The maximum atomic E-state index is 12.3. The molecule has 1 aliphatic heterocycles. The van der Waals surface area contributed by atoms with Gasteiger partial charge in [0.2, 0.25) is 5.91 Å². The number of nitrogens with one attached hydrogen (secondary N) is 1. The van der Waals surface area contributed by atoms with E-state index in [4.69, 9.17) is 0 Å². The normalized spacial score (nSPS) is 15.4. The molecule has 5 nitrogen and oxygen atoms in total. The van der Waals surface area contributed by atoms with Crippen LogP contribution in [0.5, 0.6) is 0 Å². The molecule has 0 spiro atoms. The highest BCUT2D eigenvalue weighted by atomic mass is 16.1. The first-order valence-electron chi connectivity index (χ1n) is 8.06. The van der Waals surface area contributed by atoms with Crippen LogP contribution in [0.2, 0.25) is 0 Å². The lowest BCUT2D eigenvalue weighted by Gasteiger charge is -2.31. The molecule has 2 aromatic rings. The zero-order valence-corrected chi connectivity index (χ0v) is 13.4. The van der Waals surface area contributed by atoms with E-state index in [0.717, 1.165) is 37.3 Å². The van der Waals surface area contributed by atoms with Crippen molar-refractivity contribution in [3.63, 3.8) is 0 Å². The number of hydrogen-bond acceptors (Lipinski definition) is 4. The van der Waals surface area contributed by atoms with Gasteiger partial charge in [-0.3, -0.25) is 9.78 Å². The molecular formula is C18H22N4O. The number of nitrogens with zero attached hydrogens (tertiary/aromatic N) is 3. The molecule has 1 aromatic carbocycles. The zero-order chi connectivity index (χ0) is 16.1. The predicted octanol–water partition coefficient (Wildman–Crippen LogP) is 2.32. The number of amides is 1. The lowest BCUT2D eigenvalue weighted by atomic mass is 9.96. The van der Waals surface area contributed by atoms with E-state index in [2.05, 4.69) is 51.4 Å². The quantitative estimate of drug-likeness (QED) is 0.941. The maximum absolute atomic E-state index is 12.3. The molecule has 120 valence electrons. The van der Waals surface area contributed by atoms with Crippen LogP contribution in [-0.4, -0.2) is 29.0 Å². The molecule has 1 aromatic heterocycles. The second kappa shape index (κ2) is 7.22. The Hall–Kier alpha value is -2.43. The van der Waals surface area contributed by atoms with E-state index in [-0.39, 0.29) is 11.8 Å². The van der Waals surface area contributed by atoms with E-state index in [9.17, 15) is 4.79 Å². The van der Waals surface area contributed by atoms with E-state index in [1.54, 1.807) is 18.6 Å². The summed E-state index contributed by atoms with van der Waals surface area (Å²) in [5.74, 6) is 1.14. The number of anilines is 1. The predicted molar refractivity (Wildman–Crippen MR) is 90.0 cm³/mol. The number of aromatic nitrogens is 2. The third kappa shape index (κ3) is 4.06. The molecule has 23 heavy (non-hydrogen) atoms. The van der Waals surface area contributed by atoms with Gasteiger partial charge in [-0.25, -0.2) is 4.98 Å². The van der Waals surface area contributed by atoms with E-state index in [0.29, 0.717) is 6.54 Å². The lowest BCUT2D eigenvalue weighted by molar-refractivity contribution is -0.125. The number of benzene rings is 1. The summed E-state index contributed by atoms with van der Waals surface area (Å²) in [7, 11) is 0. The highest BCUT2D eigenvalue weighted by Crippen LogP contribution is 2.21. The van der Waals surface area contributed by atoms with E-state index < -0.39 is 0 Å². The molecule has 5 heteroatoms. The second-order valence-electron chi connectivity index (χ2n) is 6.03. The molecule has 0 atom stereocenters. The minimum absolute atomic E-state index is 0.0911. The molecule has 0 aliphatic carbocycles. The van der Waals surface area contributed by atoms with Crippen molar-refractivity contribution in [3.8, 4) is 0 Å². The molecule has 0 bridgehead atoms. The molecule has 1 fully saturated rings. The number of carbonyl (C=O) groups excluding carboxylic acids is 1. The first-order valence-corrected chi connectivity index (χ1v) is 8.06. The summed E-state index contributed by atoms with van der Waals surface area (Å²) in [6.07, 6.45) is 6.87. The van der Waals surface area contributed by atoms with Crippen molar-refractivity contribution in [3.05, 3.63) is 54.0 Å². The Morgan fingerprint density at radius 1 is 1.22 bits per heavy atom. The van der Waals surface area contributed by atoms with Gasteiger partial charge in [0, 0.05) is 37.9 Å². The zero-order valence-electron chi connectivity index (χ0n) is 13.4. The van der Waals surface area contributed by atoms with Gasteiger partial charge in [-0.1, -0.05) is 29.8 Å². The van der Waals surface area contributed by atoms with Crippen molar-refractivity contribution in [2.24, 2.45) is 5.92 Å². The van der Waals surface area contributed by atoms with Crippen molar-refractivity contribution in [1.29, 1.82) is 0 Å². The number of rotatable bonds is 4. The van der Waals surface area contributed by atoms with Gasteiger partial charge in [-0.15, -0.1) is 0 Å². The van der Waals surface area contributed by atoms with Crippen LogP contribution in [0.15, 0.2) is 42.9 Å². The van der Waals surface area contributed by atoms with E-state index in [1.165, 1.54) is 5.56 Å². The molecule has 1 N–H and O–H groups in total. The molecule has 0 radical (unpaired) electrons. The van der Waals surface area contributed by atoms with Crippen LogP contribution < -0.4 is 10.2 Å². The Bertz CT molecular complexity index is 634. The average Bonchev–Trinajstić information content (AvgIpc) is 2.62. The fourth-order valence-corrected chi connectivity index (χ4v) is 2.86. The fraction of sp³-hybridized carbons (Fsp3) is 0.389. The summed E-state index contributed by atoms with van der Waals surface area (Å²) in [4.78, 5) is 22.9. The molecule has 2 heterocycles. The van der Waals surface area contributed by atoms with Crippen LogP contribution >= 0.6 is 0 Å². The van der Waals surface area contributed by atoms with Crippen LogP contribution in [0.25, 0.3) is 0 Å². The highest BCUT2D eigenvalue weighted by Gasteiger charge is 2.25. The van der Waals surface area contributed by atoms with Crippen LogP contribution in [0.1, 0.15) is 24.0 Å². The maximum Gasteiger partial charge on any atom is 0.223 e. The fourth-order valence-electron chi connectivity index (χ4n) is 2.86. The highest BCUT2D eigenvalue weighted by molar-refractivity contribution is 5.78. The molecule has 3 rings (SSSR count). The van der Waals surface area contributed by atoms with Gasteiger partial charge in [-0.2, -0.15) is 0 Å². The number of carbonyl (C=O) groups is 1. The van der Waals surface area contributed by atoms with Gasteiger partial charge in [-0.05, 0) is 25.3 Å². The second-order valence-corrected chi connectivity index (χ2v) is 6.03. The van der Waals surface area contributed by atoms with Crippen molar-refractivity contribution in [2.75, 3.05) is 18.0 Å². The van der Waals surface area contributed by atoms with Crippen molar-refractivity contribution in [1.82, 2.24) is 15.3 Å². The Morgan fingerprint density at radius 3 is 2.61 bits per heavy atom. The van der Waals surface area contributed by atoms with Gasteiger partial charge in [0.25, 0.3) is 0 Å². The van der Waals surface area contributed by atoms with Crippen molar-refractivity contribution < 1.29 is 4.79 Å². The number of hydrogen-bond donors (Lipinski definition) is 1. The molecular weight excluding hydrogens is 288 g/mol. The Kier molecular flexibility index (Phi) is 4.86. The monoisotopic (exact) mass is 310 g/mol. The molecule has 0 saturated carbocycles. The third-order valence-electron chi connectivity index (χ3n) is 4.33. The summed E-state index contributed by atoms with van der Waals surface area (Å²) in [5, 5.41) is 3.06. The SMILES string of the molecule is Cc1ccc(CNC(=O)C2CCN(c3cnccn3)CC2)cc1. The largest absolute Gasteiger partial charge is 0.355 e. The number of piperidine rings is 1. The third-order valence-corrected chi connectivity index (χ3v) is 4.33. The van der Waals surface area contributed by atoms with Crippen molar-refractivity contribution in [2.45, 2.75) is 26.3 Å². The molecule has 1 amide bonds. The topological polar surface area (TPSA) is 58.1 Å². The summed E-state index contributed by atoms with van der Waals surface area (Å²) in [6, 6.07) is 8.26. The van der Waals surface area contributed by atoms with Gasteiger partial charge in [0.15, 0.2) is 0 Å². The van der Waals surface area contributed by atoms with Gasteiger partial charge in [0.1, 0.15) is 5.82 Å². The minimum atomic E-state index is 0.0911. The van der Waals surface area contributed by atoms with E-state index in [1.807, 2.05) is 0 Å². The average molecular weight is 310 g/mol. The Morgan fingerprint density at radius 2 is 1.96 bits per heavy atom. The van der Waals surface area contributed by atoms with Crippen molar-refractivity contribution >= 4 is 11.7 Å². The summed E-state index contributed by atoms with van der Waals surface area (Å²) < 4.78 is 0. The van der Waals surface area contributed by atoms with E-state index >= 15 is 0 Å². The van der Waals surface area contributed by atoms with Gasteiger partial charge >= 0.3 is 0 Å². The summed E-state index contributed by atoms with van der Waals surface area (Å²) >= 11 is 0. The first-order chi connectivity index (χ1) is 11.2. The molecule has 1 saturated heterocycles. The van der Waals surface area contributed by atoms with Crippen LogP contribution in [0.4, 0.5) is 5.82 Å². The lowest BCUT2D eigenvalue weighted by Crippen LogP contribution is -2.40. The summed E-state index contributed by atoms with van der Waals surface area (Å²) in [6.45, 7) is 4.36. The standard InChI is InChI=1S/C18H22N4O/c1-14-2-4-15(5-3-14)12-21-18(23)16-6-10-22(11-7-16)17-13-19-8-9-20-17/h2-5,8-9,13,16H,6-7,10-12H2,1H3,(H,21,23). The van der Waals surface area contributed by atoms with Crippen LogP contribution in [0, 0.1) is 12.8 Å². The Balaban J connectivity index is 1.47. The summed E-state index contributed by atoms with van der Waals surface area (Å²) in [5.41, 5.74) is 2.37. The van der Waals surface area contributed by atoms with Crippen LogP contribution in [0.3, 0.4) is 0 Å². The first kappa shape index (κ1) is 15.5. The van der Waals surface area contributed by atoms with Crippen LogP contribution in [-0.2, 0) is 11.3 Å². The van der Waals surface area contributed by atoms with Gasteiger partial charge < -0.3 is 10.2 Å². The Labute approximate surface area is 136 Å². The van der Waals surface area contributed by atoms with Gasteiger partial charge in [0.05, 0.1) is 6.20 Å². The minimum Gasteiger partial charge on any atom is -0.355 e. The molecule has 1 aliphatic rings. The molecule has 0 unspecified atom stereocenters. The smallest absolute Gasteiger partial charge is 0.223 e.